The summed E-state index contributed by atoms with van der Waals surface area (Å²) in [7, 11) is 0. The van der Waals surface area contributed by atoms with Gasteiger partial charge in [-0.15, -0.1) is 0 Å². The highest BCUT2D eigenvalue weighted by molar-refractivity contribution is 5.93. The second kappa shape index (κ2) is 10.6. The second-order valence-electron chi connectivity index (χ2n) is 9.69. The summed E-state index contributed by atoms with van der Waals surface area (Å²) >= 11 is 0. The minimum absolute atomic E-state index is 0.261. The molecule has 5 aromatic rings. The zero-order chi connectivity index (χ0) is 25.9. The molecule has 2 N–H and O–H groups in total. The molecule has 38 heavy (non-hydrogen) atoms. The van der Waals surface area contributed by atoms with Gasteiger partial charge in [-0.2, -0.15) is 5.10 Å². The van der Waals surface area contributed by atoms with E-state index in [1.807, 2.05) is 36.7 Å². The van der Waals surface area contributed by atoms with Gasteiger partial charge in [-0.1, -0.05) is 49.1 Å². The summed E-state index contributed by atoms with van der Waals surface area (Å²) in [5.74, 6) is 0.407. The topological polar surface area (TPSA) is 73.5 Å². The Bertz CT molecular complexity index is 1710. The minimum atomic E-state index is -0.261. The van der Waals surface area contributed by atoms with Gasteiger partial charge in [0.1, 0.15) is 11.5 Å². The summed E-state index contributed by atoms with van der Waals surface area (Å²) in [4.78, 5) is 15.4. The number of benzene rings is 2. The Labute approximate surface area is 220 Å². The van der Waals surface area contributed by atoms with E-state index < -0.39 is 0 Å². The summed E-state index contributed by atoms with van der Waals surface area (Å²) in [5, 5.41) is 9.57. The molecule has 1 aliphatic rings. The molecule has 0 atom stereocenters. The summed E-state index contributed by atoms with van der Waals surface area (Å²) in [5.41, 5.74) is 6.69. The van der Waals surface area contributed by atoms with Gasteiger partial charge in [-0.05, 0) is 73.3 Å². The highest BCUT2D eigenvalue weighted by Crippen LogP contribution is 2.28. The Morgan fingerprint density at radius 1 is 1.03 bits per heavy atom. The van der Waals surface area contributed by atoms with Gasteiger partial charge in [0.2, 0.25) is 0 Å². The van der Waals surface area contributed by atoms with Crippen LogP contribution in [-0.2, 0) is 13.0 Å². The van der Waals surface area contributed by atoms with Gasteiger partial charge in [0.05, 0.1) is 16.4 Å². The van der Waals surface area contributed by atoms with Crippen molar-refractivity contribution in [2.75, 3.05) is 13.1 Å². The monoisotopic (exact) mass is 504 g/mol. The fourth-order valence-electron chi connectivity index (χ4n) is 5.16. The lowest BCUT2D eigenvalue weighted by Gasteiger charge is -2.14. The smallest absolute Gasteiger partial charge is 0.159 e. The zero-order valence-electron chi connectivity index (χ0n) is 21.1. The van der Waals surface area contributed by atoms with E-state index in [1.165, 1.54) is 30.5 Å². The number of hydrogen-bond donors (Lipinski definition) is 2. The first-order valence-electron chi connectivity index (χ1n) is 13.0. The number of nitrogens with zero attached hydrogens (tertiary/aromatic N) is 4. The number of pyridine rings is 1. The van der Waals surface area contributed by atoms with Crippen molar-refractivity contribution >= 4 is 23.2 Å². The predicted molar refractivity (Wildman–Crippen MR) is 150 cm³/mol. The van der Waals surface area contributed by atoms with Gasteiger partial charge < -0.3 is 4.98 Å². The van der Waals surface area contributed by atoms with Crippen molar-refractivity contribution in [2.24, 2.45) is 0 Å². The fourth-order valence-corrected chi connectivity index (χ4v) is 5.16. The number of nitrogens with one attached hydrogen (secondary N) is 2. The van der Waals surface area contributed by atoms with Crippen molar-refractivity contribution in [2.45, 2.75) is 25.8 Å². The Hall–Kier alpha value is -4.36. The van der Waals surface area contributed by atoms with Crippen LogP contribution in [0.2, 0.25) is 0 Å². The van der Waals surface area contributed by atoms with Crippen LogP contribution in [0.5, 0.6) is 0 Å². The van der Waals surface area contributed by atoms with Crippen LogP contribution in [0.15, 0.2) is 73.6 Å². The molecule has 0 amide bonds. The maximum atomic E-state index is 13.5. The summed E-state index contributed by atoms with van der Waals surface area (Å²) in [6.45, 7) is 7.13. The van der Waals surface area contributed by atoms with E-state index in [4.69, 9.17) is 4.98 Å². The maximum Gasteiger partial charge on any atom is 0.159 e. The standard InChI is InChI=1S/C31H29FN6/c1-2-6-27-26(14-9-21-17-22(19-33-18-21)20-38-15-3-4-16-38)30(37-36-27)31-34-28-8-5-7-25(29(28)35-31)23-10-12-24(32)13-11-23/h2,5-8,10-14,17-19,36H,1,3-4,9,15-16,20H2,(H,34,35)/b26-14+,27-6+. The molecule has 6 nitrogen and oxygen atoms in total. The summed E-state index contributed by atoms with van der Waals surface area (Å²) in [6, 6.07) is 14.7. The van der Waals surface area contributed by atoms with Crippen LogP contribution in [0.4, 0.5) is 4.39 Å². The first-order valence-corrected chi connectivity index (χ1v) is 13.0. The number of aromatic nitrogens is 5. The van der Waals surface area contributed by atoms with E-state index in [-0.39, 0.29) is 5.82 Å². The van der Waals surface area contributed by atoms with Crippen molar-refractivity contribution < 1.29 is 4.39 Å². The molecule has 3 aromatic heterocycles. The zero-order valence-corrected chi connectivity index (χ0v) is 21.1. The highest BCUT2D eigenvalue weighted by atomic mass is 19.1. The third-order valence-electron chi connectivity index (χ3n) is 7.01. The van der Waals surface area contributed by atoms with Gasteiger partial charge in [0, 0.05) is 29.7 Å². The van der Waals surface area contributed by atoms with Crippen LogP contribution in [0.3, 0.4) is 0 Å². The first kappa shape index (κ1) is 24.0. The quantitative estimate of drug-likeness (QED) is 0.336. The highest BCUT2D eigenvalue weighted by Gasteiger charge is 2.15. The molecule has 0 unspecified atom stereocenters. The molecule has 1 saturated heterocycles. The number of H-pyrrole nitrogens is 2. The number of rotatable bonds is 7. The van der Waals surface area contributed by atoms with Gasteiger partial charge in [-0.3, -0.25) is 15.0 Å². The van der Waals surface area contributed by atoms with Crippen LogP contribution < -0.4 is 10.6 Å². The van der Waals surface area contributed by atoms with Crippen molar-refractivity contribution in [3.05, 3.63) is 101 Å². The van der Waals surface area contributed by atoms with Crippen LogP contribution in [-0.4, -0.2) is 43.1 Å². The Morgan fingerprint density at radius 3 is 2.66 bits per heavy atom. The first-order chi connectivity index (χ1) is 18.7. The molecule has 4 heterocycles. The van der Waals surface area contributed by atoms with Crippen LogP contribution in [0, 0.1) is 5.82 Å². The van der Waals surface area contributed by atoms with Crippen LogP contribution >= 0.6 is 0 Å². The van der Waals surface area contributed by atoms with Gasteiger partial charge in [-0.25, -0.2) is 9.37 Å². The average Bonchev–Trinajstić information content (AvgIpc) is 3.68. The lowest BCUT2D eigenvalue weighted by molar-refractivity contribution is 0.331. The second-order valence-corrected chi connectivity index (χ2v) is 9.69. The number of para-hydroxylation sites is 1. The number of likely N-dealkylation sites (tertiary alicyclic amines) is 1. The van der Waals surface area contributed by atoms with Gasteiger partial charge in [0.15, 0.2) is 5.82 Å². The molecule has 0 bridgehead atoms. The summed E-state index contributed by atoms with van der Waals surface area (Å²) < 4.78 is 13.5. The fraction of sp³-hybridized carbons (Fsp3) is 0.194. The number of aromatic amines is 2. The van der Waals surface area contributed by atoms with E-state index in [0.717, 1.165) is 63.6 Å². The van der Waals surface area contributed by atoms with Crippen molar-refractivity contribution in [1.82, 2.24) is 30.0 Å². The molecule has 6 rings (SSSR count). The number of hydrogen-bond acceptors (Lipinski definition) is 4. The Morgan fingerprint density at radius 2 is 1.84 bits per heavy atom. The predicted octanol–water partition coefficient (Wildman–Crippen LogP) is 4.74. The Kier molecular flexibility index (Phi) is 6.67. The molecule has 0 radical (unpaired) electrons. The van der Waals surface area contributed by atoms with E-state index >= 15 is 0 Å². The molecule has 1 aliphatic heterocycles. The molecule has 0 saturated carbocycles. The lowest BCUT2D eigenvalue weighted by Crippen LogP contribution is -2.24. The minimum Gasteiger partial charge on any atom is -0.337 e. The lowest BCUT2D eigenvalue weighted by atomic mass is 10.0. The SMILES string of the molecule is C=C/C=c1/[nH]nc(-c2nc3c(-c4ccc(F)cc4)cccc3[nH]2)/c1=C/Cc1cncc(CN2CCCC2)c1. The number of halogens is 1. The molecule has 0 spiro atoms. The number of fused-ring (bicyclic) bond motifs is 1. The van der Waals surface area contributed by atoms with Crippen LogP contribution in [0.25, 0.3) is 45.8 Å². The summed E-state index contributed by atoms with van der Waals surface area (Å²) in [6.07, 6.45) is 13.0. The van der Waals surface area contributed by atoms with Crippen molar-refractivity contribution in [3.8, 4) is 22.6 Å². The van der Waals surface area contributed by atoms with Crippen molar-refractivity contribution in [1.29, 1.82) is 0 Å². The van der Waals surface area contributed by atoms with E-state index in [1.54, 1.807) is 18.2 Å². The molecular weight excluding hydrogens is 475 g/mol. The molecule has 190 valence electrons. The third-order valence-corrected chi connectivity index (χ3v) is 7.01. The third kappa shape index (κ3) is 4.93. The van der Waals surface area contributed by atoms with E-state index in [2.05, 4.69) is 43.8 Å². The maximum absolute atomic E-state index is 13.5. The molecule has 2 aromatic carbocycles. The van der Waals surface area contributed by atoms with Crippen molar-refractivity contribution in [3.63, 3.8) is 0 Å². The van der Waals surface area contributed by atoms with E-state index in [9.17, 15) is 4.39 Å². The molecule has 7 heteroatoms. The van der Waals surface area contributed by atoms with Gasteiger partial charge in [0.25, 0.3) is 0 Å². The van der Waals surface area contributed by atoms with Crippen LogP contribution in [0.1, 0.15) is 24.0 Å². The van der Waals surface area contributed by atoms with E-state index in [0.29, 0.717) is 12.2 Å². The molecule has 0 aliphatic carbocycles. The molecule has 1 fully saturated rings. The van der Waals surface area contributed by atoms with Gasteiger partial charge >= 0.3 is 0 Å². The molecular formula is C31H29FN6. The number of imidazole rings is 1. The largest absolute Gasteiger partial charge is 0.337 e. The normalized spacial score (nSPS) is 15.1. The number of allylic oxidation sites excluding steroid dienone is 1. The Balaban J connectivity index is 1.37. The average molecular weight is 505 g/mol.